The van der Waals surface area contributed by atoms with Gasteiger partial charge in [-0.2, -0.15) is 5.10 Å². The van der Waals surface area contributed by atoms with Crippen LogP contribution in [0.15, 0.2) is 29.4 Å². The molecule has 0 unspecified atom stereocenters. The Balaban J connectivity index is 2.67. The van der Waals surface area contributed by atoms with Crippen molar-refractivity contribution < 1.29 is 9.59 Å². The van der Waals surface area contributed by atoms with Crippen molar-refractivity contribution in [1.82, 2.24) is 0 Å². The predicted octanol–water partition coefficient (Wildman–Crippen LogP) is -0.354. The number of amidine groups is 1. The summed E-state index contributed by atoms with van der Waals surface area (Å²) in [6.07, 6.45) is 0. The summed E-state index contributed by atoms with van der Waals surface area (Å²) in [5.41, 5.74) is 11.1. The van der Waals surface area contributed by atoms with Crippen LogP contribution in [0.1, 0.15) is 10.4 Å². The molecule has 7 N–H and O–H groups in total. The van der Waals surface area contributed by atoms with Gasteiger partial charge in [0.15, 0.2) is 5.17 Å². The smallest absolute Gasteiger partial charge is 0.250 e. The molecule has 1 rings (SSSR count). The molecule has 0 aliphatic heterocycles. The van der Waals surface area contributed by atoms with E-state index in [4.69, 9.17) is 17.3 Å². The van der Waals surface area contributed by atoms with Crippen molar-refractivity contribution in [2.24, 2.45) is 22.4 Å². The summed E-state index contributed by atoms with van der Waals surface area (Å²) in [5, 5.41) is 5.88. The minimum Gasteiger partial charge on any atom is -0.377 e. The first kappa shape index (κ1) is 13.8. The highest BCUT2D eigenvalue weighted by molar-refractivity contribution is 8.14. The topological polar surface area (TPSA) is 137 Å². The van der Waals surface area contributed by atoms with Crippen LogP contribution in [0.25, 0.3) is 0 Å². The van der Waals surface area contributed by atoms with E-state index >= 15 is 0 Å². The average molecular weight is 267 g/mol. The average Bonchev–Trinajstić information content (AvgIpc) is 2.36. The molecule has 0 aliphatic rings. The molecule has 1 aromatic carbocycles. The number of amides is 2. The summed E-state index contributed by atoms with van der Waals surface area (Å²) >= 11 is 0.993. The summed E-state index contributed by atoms with van der Waals surface area (Å²) in [7, 11) is 0. The van der Waals surface area contributed by atoms with Gasteiger partial charge >= 0.3 is 0 Å². The lowest BCUT2D eigenvalue weighted by Gasteiger charge is -2.08. The second-order valence-electron chi connectivity index (χ2n) is 3.21. The van der Waals surface area contributed by atoms with E-state index in [2.05, 4.69) is 10.4 Å². The SMILES string of the molecule is NN=C(N)SCC(=O)Nc1ccccc1C(N)=O. The van der Waals surface area contributed by atoms with Gasteiger partial charge in [0, 0.05) is 0 Å². The van der Waals surface area contributed by atoms with Crippen LogP contribution in [-0.2, 0) is 4.79 Å². The van der Waals surface area contributed by atoms with Crippen LogP contribution in [0.4, 0.5) is 5.69 Å². The molecule has 18 heavy (non-hydrogen) atoms. The number of rotatable bonds is 4. The Labute approximate surface area is 108 Å². The Hall–Kier alpha value is -2.22. The van der Waals surface area contributed by atoms with E-state index in [1.165, 1.54) is 6.07 Å². The van der Waals surface area contributed by atoms with E-state index in [1.54, 1.807) is 18.2 Å². The van der Waals surface area contributed by atoms with E-state index in [-0.39, 0.29) is 22.4 Å². The van der Waals surface area contributed by atoms with Crippen molar-refractivity contribution in [3.8, 4) is 0 Å². The number of hydrogen-bond acceptors (Lipinski definition) is 5. The van der Waals surface area contributed by atoms with Crippen molar-refractivity contribution in [3.63, 3.8) is 0 Å². The van der Waals surface area contributed by atoms with Crippen molar-refractivity contribution >= 4 is 34.4 Å². The summed E-state index contributed by atoms with van der Waals surface area (Å²) in [6.45, 7) is 0. The van der Waals surface area contributed by atoms with Crippen LogP contribution in [0.3, 0.4) is 0 Å². The summed E-state index contributed by atoms with van der Waals surface area (Å²) in [5.74, 6) is 4.02. The lowest BCUT2D eigenvalue weighted by atomic mass is 10.1. The van der Waals surface area contributed by atoms with E-state index < -0.39 is 5.91 Å². The molecular formula is C10H13N5O2S. The molecule has 0 radical (unpaired) electrons. The summed E-state index contributed by atoms with van der Waals surface area (Å²) in [6, 6.07) is 6.46. The number of thioether (sulfide) groups is 1. The van der Waals surface area contributed by atoms with Crippen LogP contribution in [0.2, 0.25) is 0 Å². The number of carbonyl (C=O) groups excluding carboxylic acids is 2. The van der Waals surface area contributed by atoms with Gasteiger partial charge in [-0.25, -0.2) is 0 Å². The van der Waals surface area contributed by atoms with E-state index in [0.29, 0.717) is 5.69 Å². The molecule has 7 nitrogen and oxygen atoms in total. The largest absolute Gasteiger partial charge is 0.377 e. The van der Waals surface area contributed by atoms with Crippen molar-refractivity contribution in [2.45, 2.75) is 0 Å². The fourth-order valence-corrected chi connectivity index (χ4v) is 1.60. The quantitative estimate of drug-likeness (QED) is 0.256. The molecule has 0 heterocycles. The molecule has 0 aliphatic carbocycles. The van der Waals surface area contributed by atoms with Gasteiger partial charge in [-0.1, -0.05) is 23.9 Å². The molecule has 8 heteroatoms. The lowest BCUT2D eigenvalue weighted by Crippen LogP contribution is -2.21. The van der Waals surface area contributed by atoms with Gasteiger partial charge in [-0.05, 0) is 12.1 Å². The highest BCUT2D eigenvalue weighted by Crippen LogP contribution is 2.14. The fourth-order valence-electron chi connectivity index (χ4n) is 1.17. The molecular weight excluding hydrogens is 254 g/mol. The predicted molar refractivity (Wildman–Crippen MR) is 71.9 cm³/mol. The third kappa shape index (κ3) is 3.98. The minimum atomic E-state index is -0.610. The molecule has 0 spiro atoms. The Kier molecular flexibility index (Phi) is 5.00. The molecule has 96 valence electrons. The first-order valence-corrected chi connectivity index (χ1v) is 5.88. The Morgan fingerprint density at radius 2 is 1.94 bits per heavy atom. The lowest BCUT2D eigenvalue weighted by molar-refractivity contribution is -0.113. The number of nitrogens with one attached hydrogen (secondary N) is 1. The zero-order valence-corrected chi connectivity index (χ0v) is 10.2. The fraction of sp³-hybridized carbons (Fsp3) is 0.100. The maximum Gasteiger partial charge on any atom is 0.250 e. The zero-order chi connectivity index (χ0) is 13.5. The van der Waals surface area contributed by atoms with Crippen LogP contribution in [0.5, 0.6) is 0 Å². The van der Waals surface area contributed by atoms with Gasteiger partial charge in [0.25, 0.3) is 5.91 Å². The van der Waals surface area contributed by atoms with Crippen molar-refractivity contribution in [3.05, 3.63) is 29.8 Å². The molecule has 0 fully saturated rings. The number of primary amides is 1. The number of anilines is 1. The Morgan fingerprint density at radius 3 is 2.56 bits per heavy atom. The number of nitrogens with two attached hydrogens (primary N) is 3. The molecule has 0 bridgehead atoms. The number of nitrogens with zero attached hydrogens (tertiary/aromatic N) is 1. The molecule has 0 saturated heterocycles. The number of benzene rings is 1. The van der Waals surface area contributed by atoms with Crippen molar-refractivity contribution in [1.29, 1.82) is 0 Å². The van der Waals surface area contributed by atoms with E-state index in [1.807, 2.05) is 0 Å². The third-order valence-corrected chi connectivity index (χ3v) is 2.75. The Morgan fingerprint density at radius 1 is 1.28 bits per heavy atom. The summed E-state index contributed by atoms with van der Waals surface area (Å²) < 4.78 is 0. The van der Waals surface area contributed by atoms with Gasteiger partial charge in [-0.15, -0.1) is 0 Å². The van der Waals surface area contributed by atoms with Gasteiger partial charge in [-0.3, -0.25) is 9.59 Å². The minimum absolute atomic E-state index is 0.0413. The standard InChI is InChI=1S/C10H13N5O2S/c11-9(17)6-3-1-2-4-7(6)14-8(16)5-18-10(12)15-13/h1-4H,5,13H2,(H2,11,17)(H2,12,15)(H,14,16). The van der Waals surface area contributed by atoms with E-state index in [9.17, 15) is 9.59 Å². The highest BCUT2D eigenvalue weighted by atomic mass is 32.2. The van der Waals surface area contributed by atoms with Crippen LogP contribution >= 0.6 is 11.8 Å². The normalized spacial score (nSPS) is 11.0. The maximum absolute atomic E-state index is 11.6. The van der Waals surface area contributed by atoms with Crippen LogP contribution in [0, 0.1) is 0 Å². The summed E-state index contributed by atoms with van der Waals surface area (Å²) in [4.78, 5) is 22.7. The zero-order valence-electron chi connectivity index (χ0n) is 9.42. The second kappa shape index (κ2) is 6.50. The second-order valence-corrected chi connectivity index (χ2v) is 4.21. The molecule has 2 amide bonds. The third-order valence-electron chi connectivity index (χ3n) is 1.94. The number of carbonyl (C=O) groups is 2. The Bertz CT molecular complexity index is 489. The molecule has 0 saturated carbocycles. The molecule has 1 aromatic rings. The van der Waals surface area contributed by atoms with E-state index in [0.717, 1.165) is 11.8 Å². The first-order valence-electron chi connectivity index (χ1n) is 4.89. The highest BCUT2D eigenvalue weighted by Gasteiger charge is 2.10. The van der Waals surface area contributed by atoms with Gasteiger partial charge < -0.3 is 22.6 Å². The number of hydrogen-bond donors (Lipinski definition) is 4. The van der Waals surface area contributed by atoms with Gasteiger partial charge in [0.1, 0.15) is 0 Å². The van der Waals surface area contributed by atoms with Crippen LogP contribution in [-0.4, -0.2) is 22.7 Å². The molecule has 0 atom stereocenters. The van der Waals surface area contributed by atoms with Crippen molar-refractivity contribution in [2.75, 3.05) is 11.1 Å². The van der Waals surface area contributed by atoms with Gasteiger partial charge in [0.05, 0.1) is 17.0 Å². The van der Waals surface area contributed by atoms with Gasteiger partial charge in [0.2, 0.25) is 5.91 Å². The monoisotopic (exact) mass is 267 g/mol. The number of hydrazone groups is 1. The first-order chi connectivity index (χ1) is 8.54. The molecule has 0 aromatic heterocycles. The van der Waals surface area contributed by atoms with Crippen LogP contribution < -0.4 is 22.6 Å². The maximum atomic E-state index is 11.6. The number of para-hydroxylation sites is 1.